The number of rotatable bonds is 4. The van der Waals surface area contributed by atoms with Crippen LogP contribution in [0.15, 0.2) is 70.8 Å². The number of halogens is 1. The minimum atomic E-state index is -0.601. The van der Waals surface area contributed by atoms with Gasteiger partial charge in [-0.3, -0.25) is 4.79 Å². The molecule has 0 saturated heterocycles. The summed E-state index contributed by atoms with van der Waals surface area (Å²) in [4.78, 5) is 13.7. The molecular formula is C26H24ClN3O2. The van der Waals surface area contributed by atoms with Crippen LogP contribution in [-0.2, 0) is 6.54 Å². The number of nitrogens with two attached hydrogens (primary N) is 1. The number of pyridine rings is 1. The maximum atomic E-state index is 13.7. The third kappa shape index (κ3) is 3.79. The lowest BCUT2D eigenvalue weighted by Gasteiger charge is -2.27. The number of fused-ring (bicyclic) bond motifs is 1. The van der Waals surface area contributed by atoms with Gasteiger partial charge in [0.1, 0.15) is 17.4 Å². The van der Waals surface area contributed by atoms with E-state index in [1.54, 1.807) is 16.7 Å². The molecule has 0 bridgehead atoms. The van der Waals surface area contributed by atoms with Crippen LogP contribution < -0.4 is 16.0 Å². The first kappa shape index (κ1) is 21.7. The fraction of sp³-hybridized carbons (Fsp3) is 0.231. The molecule has 1 atom stereocenters. The molecule has 0 aliphatic carbocycles. The lowest BCUT2D eigenvalue weighted by Crippen LogP contribution is -2.33. The lowest BCUT2D eigenvalue weighted by molar-refractivity contribution is 0.389. The van der Waals surface area contributed by atoms with Gasteiger partial charge < -0.3 is 15.0 Å². The average Bonchev–Trinajstić information content (AvgIpc) is 2.77. The number of nitrogens with zero attached hydrogens (tertiary/aromatic N) is 2. The summed E-state index contributed by atoms with van der Waals surface area (Å²) in [6.45, 7) is 6.40. The predicted octanol–water partition coefficient (Wildman–Crippen LogP) is 5.20. The molecule has 0 fully saturated rings. The normalized spacial score (nSPS) is 15.3. The van der Waals surface area contributed by atoms with Crippen LogP contribution in [0.1, 0.15) is 53.6 Å². The zero-order chi connectivity index (χ0) is 23.0. The van der Waals surface area contributed by atoms with Crippen molar-refractivity contribution in [1.82, 2.24) is 4.57 Å². The van der Waals surface area contributed by atoms with Crippen molar-refractivity contribution in [2.24, 2.45) is 5.73 Å². The van der Waals surface area contributed by atoms with E-state index in [1.165, 1.54) is 5.56 Å². The zero-order valence-electron chi connectivity index (χ0n) is 18.2. The van der Waals surface area contributed by atoms with Crippen LogP contribution in [0.25, 0.3) is 0 Å². The summed E-state index contributed by atoms with van der Waals surface area (Å²) >= 11 is 6.34. The maximum absolute atomic E-state index is 13.7. The largest absolute Gasteiger partial charge is 0.440 e. The van der Waals surface area contributed by atoms with E-state index in [4.69, 9.17) is 22.1 Å². The Balaban J connectivity index is 1.90. The number of allylic oxidation sites excluding steroid dienone is 1. The van der Waals surface area contributed by atoms with Gasteiger partial charge in [-0.15, -0.1) is 0 Å². The molecule has 2 aromatic carbocycles. The van der Waals surface area contributed by atoms with Crippen molar-refractivity contribution in [3.63, 3.8) is 0 Å². The second kappa shape index (κ2) is 8.57. The van der Waals surface area contributed by atoms with Crippen LogP contribution >= 0.6 is 11.6 Å². The minimum Gasteiger partial charge on any atom is -0.440 e. The molecule has 4 rings (SSSR count). The van der Waals surface area contributed by atoms with Gasteiger partial charge in [0.05, 0.1) is 18.0 Å². The third-order valence-electron chi connectivity index (χ3n) is 5.91. The van der Waals surface area contributed by atoms with Crippen molar-refractivity contribution >= 4 is 11.6 Å². The Morgan fingerprint density at radius 1 is 1.19 bits per heavy atom. The van der Waals surface area contributed by atoms with E-state index in [9.17, 15) is 10.1 Å². The maximum Gasteiger partial charge on any atom is 0.259 e. The topological polar surface area (TPSA) is 81.0 Å². The molecule has 1 aliphatic heterocycles. The highest BCUT2D eigenvalue weighted by molar-refractivity contribution is 6.31. The number of aromatic nitrogens is 1. The highest BCUT2D eigenvalue weighted by atomic mass is 35.5. The van der Waals surface area contributed by atoms with Crippen molar-refractivity contribution in [3.05, 3.63) is 109 Å². The number of aryl methyl sites for hydroxylation is 1. The highest BCUT2D eigenvalue weighted by Gasteiger charge is 2.34. The van der Waals surface area contributed by atoms with Gasteiger partial charge in [-0.25, -0.2) is 0 Å². The van der Waals surface area contributed by atoms with Gasteiger partial charge in [0.25, 0.3) is 5.56 Å². The van der Waals surface area contributed by atoms with Gasteiger partial charge >= 0.3 is 0 Å². The van der Waals surface area contributed by atoms with Gasteiger partial charge in [-0.2, -0.15) is 5.26 Å². The number of benzene rings is 2. The van der Waals surface area contributed by atoms with Crippen LogP contribution in [0.4, 0.5) is 0 Å². The number of ether oxygens (including phenoxy) is 1. The SMILES string of the molecule is Cc1cc2c(c(=O)n1Cc1ccccc1Cl)C(c1ccc(C(C)C)cc1)C(C#N)=C(N)O2. The Hall–Kier alpha value is -3.49. The molecule has 3 aromatic rings. The molecule has 0 spiro atoms. The van der Waals surface area contributed by atoms with Crippen molar-refractivity contribution in [1.29, 1.82) is 5.26 Å². The first-order valence-electron chi connectivity index (χ1n) is 10.5. The number of hydrogen-bond donors (Lipinski definition) is 1. The highest BCUT2D eigenvalue weighted by Crippen LogP contribution is 2.40. The van der Waals surface area contributed by atoms with Crippen molar-refractivity contribution in [3.8, 4) is 11.8 Å². The molecule has 0 radical (unpaired) electrons. The third-order valence-corrected chi connectivity index (χ3v) is 6.28. The summed E-state index contributed by atoms with van der Waals surface area (Å²) in [5.41, 5.74) is 10.1. The van der Waals surface area contributed by atoms with Crippen LogP contribution in [0.2, 0.25) is 5.02 Å². The standard InChI is InChI=1S/C26H24ClN3O2/c1-15(2)17-8-10-18(11-9-17)23-20(13-28)25(29)32-22-12-16(3)30(26(31)24(22)23)14-19-6-4-5-7-21(19)27/h4-12,15,23H,14,29H2,1-3H3. The quantitative estimate of drug-likeness (QED) is 0.598. The molecule has 1 unspecified atom stereocenters. The van der Waals surface area contributed by atoms with Gasteiger partial charge in [-0.05, 0) is 35.6 Å². The van der Waals surface area contributed by atoms with Crippen LogP contribution in [0, 0.1) is 18.3 Å². The molecule has 162 valence electrons. The van der Waals surface area contributed by atoms with Crippen LogP contribution in [0.3, 0.4) is 0 Å². The molecule has 0 amide bonds. The van der Waals surface area contributed by atoms with Gasteiger partial charge in [0, 0.05) is 16.8 Å². The Kier molecular flexibility index (Phi) is 5.82. The summed E-state index contributed by atoms with van der Waals surface area (Å²) in [5.74, 6) is 0.186. The first-order valence-corrected chi connectivity index (χ1v) is 10.8. The molecular weight excluding hydrogens is 422 g/mol. The molecule has 32 heavy (non-hydrogen) atoms. The summed E-state index contributed by atoms with van der Waals surface area (Å²) in [7, 11) is 0. The predicted molar refractivity (Wildman–Crippen MR) is 126 cm³/mol. The second-order valence-electron chi connectivity index (χ2n) is 8.29. The molecule has 0 saturated carbocycles. The average molecular weight is 446 g/mol. The summed E-state index contributed by atoms with van der Waals surface area (Å²) in [6.07, 6.45) is 0. The number of nitriles is 1. The second-order valence-corrected chi connectivity index (χ2v) is 8.70. The monoisotopic (exact) mass is 445 g/mol. The van der Waals surface area contributed by atoms with E-state index in [1.807, 2.05) is 49.4 Å². The van der Waals surface area contributed by atoms with E-state index >= 15 is 0 Å². The zero-order valence-corrected chi connectivity index (χ0v) is 19.0. The van der Waals surface area contributed by atoms with E-state index in [-0.39, 0.29) is 17.0 Å². The molecule has 2 heterocycles. The lowest BCUT2D eigenvalue weighted by atomic mass is 9.83. The van der Waals surface area contributed by atoms with E-state index < -0.39 is 5.92 Å². The van der Waals surface area contributed by atoms with E-state index in [0.717, 1.165) is 16.8 Å². The molecule has 1 aromatic heterocycles. The fourth-order valence-electron chi connectivity index (χ4n) is 4.09. The Bertz CT molecular complexity index is 1310. The Morgan fingerprint density at radius 3 is 2.50 bits per heavy atom. The van der Waals surface area contributed by atoms with Gasteiger partial charge in [0.15, 0.2) is 0 Å². The van der Waals surface area contributed by atoms with Crippen molar-refractivity contribution in [2.75, 3.05) is 0 Å². The van der Waals surface area contributed by atoms with Crippen molar-refractivity contribution < 1.29 is 4.74 Å². The Morgan fingerprint density at radius 2 is 1.88 bits per heavy atom. The molecule has 2 N–H and O–H groups in total. The molecule has 5 nitrogen and oxygen atoms in total. The Labute approximate surface area is 192 Å². The van der Waals surface area contributed by atoms with Crippen LogP contribution in [-0.4, -0.2) is 4.57 Å². The van der Waals surface area contributed by atoms with E-state index in [0.29, 0.717) is 28.8 Å². The summed E-state index contributed by atoms with van der Waals surface area (Å²) in [6, 6.07) is 19.4. The minimum absolute atomic E-state index is 0.0283. The van der Waals surface area contributed by atoms with Gasteiger partial charge in [-0.1, -0.05) is 67.9 Å². The van der Waals surface area contributed by atoms with Crippen LogP contribution in [0.5, 0.6) is 5.75 Å². The first-order chi connectivity index (χ1) is 15.3. The van der Waals surface area contributed by atoms with E-state index in [2.05, 4.69) is 19.9 Å². The smallest absolute Gasteiger partial charge is 0.259 e. The molecule has 1 aliphatic rings. The fourth-order valence-corrected chi connectivity index (χ4v) is 4.28. The summed E-state index contributed by atoms with van der Waals surface area (Å²) in [5, 5.41) is 10.4. The summed E-state index contributed by atoms with van der Waals surface area (Å²) < 4.78 is 7.40. The number of hydrogen-bond acceptors (Lipinski definition) is 4. The van der Waals surface area contributed by atoms with Gasteiger partial charge in [0.2, 0.25) is 5.88 Å². The van der Waals surface area contributed by atoms with Crippen molar-refractivity contribution in [2.45, 2.75) is 39.2 Å². The molecule has 6 heteroatoms.